The molecule has 23 nitrogen and oxygen atoms in total. The van der Waals surface area contributed by atoms with Crippen molar-refractivity contribution in [1.29, 1.82) is 0 Å². The molecule has 0 saturated carbocycles. The summed E-state index contributed by atoms with van der Waals surface area (Å²) in [6.45, 7) is -2.98. The van der Waals surface area contributed by atoms with Gasteiger partial charge in [0.1, 0.15) is 43.7 Å². The number of benzene rings is 3. The Bertz CT molecular complexity index is 2270. The largest absolute Gasteiger partial charge is 0.502 e. The number of ether oxygens (including phenoxy) is 12. The second-order valence-corrected chi connectivity index (χ2v) is 14.7. The highest BCUT2D eigenvalue weighted by molar-refractivity contribution is 5.89. The summed E-state index contributed by atoms with van der Waals surface area (Å²) in [5.41, 5.74) is 0.906. The van der Waals surface area contributed by atoms with Crippen molar-refractivity contribution in [3.05, 3.63) is 71.3 Å². The average Bonchev–Trinajstić information content (AvgIpc) is 3.62. The number of rotatable bonds is 20. The predicted molar refractivity (Wildman–Crippen MR) is 231 cm³/mol. The molecular formula is C45H52O23. The fourth-order valence-electron chi connectivity index (χ4n) is 6.95. The number of methoxy groups -OCH3 is 6. The first-order chi connectivity index (χ1) is 32.5. The molecule has 370 valence electrons. The van der Waals surface area contributed by atoms with Crippen molar-refractivity contribution >= 4 is 36.1 Å². The minimum atomic E-state index is -2.68. The lowest BCUT2D eigenvalue weighted by Crippen LogP contribution is -2.63. The lowest BCUT2D eigenvalue weighted by Gasteiger charge is -2.43. The van der Waals surface area contributed by atoms with Gasteiger partial charge in [-0.25, -0.2) is 14.4 Å². The molecule has 5 rings (SSSR count). The number of phenols is 3. The van der Waals surface area contributed by atoms with E-state index in [1.165, 1.54) is 97.3 Å². The van der Waals surface area contributed by atoms with Crippen LogP contribution in [0.3, 0.4) is 0 Å². The molecule has 0 unspecified atom stereocenters. The molecule has 68 heavy (non-hydrogen) atoms. The van der Waals surface area contributed by atoms with Crippen molar-refractivity contribution in [2.45, 2.75) is 54.8 Å². The number of aliphatic hydroxyl groups is 5. The van der Waals surface area contributed by atoms with Crippen molar-refractivity contribution < 1.29 is 112 Å². The zero-order valence-corrected chi connectivity index (χ0v) is 37.4. The Labute approximate surface area is 388 Å². The molecule has 0 aliphatic carbocycles. The van der Waals surface area contributed by atoms with E-state index in [0.717, 1.165) is 18.2 Å². The molecule has 0 bridgehead atoms. The maximum Gasteiger partial charge on any atom is 0.331 e. The topological polar surface area (TPSA) is 324 Å². The van der Waals surface area contributed by atoms with Gasteiger partial charge in [-0.15, -0.1) is 0 Å². The van der Waals surface area contributed by atoms with Gasteiger partial charge < -0.3 is 97.7 Å². The molecule has 2 aliphatic heterocycles. The van der Waals surface area contributed by atoms with Crippen molar-refractivity contribution in [1.82, 2.24) is 0 Å². The van der Waals surface area contributed by atoms with E-state index < -0.39 is 92.5 Å². The highest BCUT2D eigenvalue weighted by Crippen LogP contribution is 2.42. The van der Waals surface area contributed by atoms with Gasteiger partial charge in [0.15, 0.2) is 53.0 Å². The fraction of sp³-hybridized carbons (Fsp3) is 0.400. The molecule has 2 saturated heterocycles. The number of carbonyl (C=O) groups is 3. The number of phenolic OH excluding ortho intramolecular Hbond substituents is 3. The smallest absolute Gasteiger partial charge is 0.331 e. The molecule has 0 spiro atoms. The average molecular weight is 961 g/mol. The quantitative estimate of drug-likeness (QED) is 0.0436. The monoisotopic (exact) mass is 960 g/mol. The molecule has 8 N–H and O–H groups in total. The normalized spacial score (nSPS) is 24.8. The Morgan fingerprint density at radius 1 is 0.574 bits per heavy atom. The van der Waals surface area contributed by atoms with Gasteiger partial charge in [-0.3, -0.25) is 0 Å². The lowest BCUT2D eigenvalue weighted by molar-refractivity contribution is -0.383. The van der Waals surface area contributed by atoms with Crippen molar-refractivity contribution in [3.8, 4) is 51.7 Å². The van der Waals surface area contributed by atoms with E-state index in [4.69, 9.17) is 56.8 Å². The SMILES string of the molecule is COc1cc(/C=C/C(=O)OC[C@H]2O[C@H](O[C@]3(CO)O[C@@H](CO)[C@@H](OC(=O)/C=C/c4cc(OC)c(O)c(OC)c4)[C@@H]3OC(=O)/C=C/c3cc(OC)c(O)c(OC)c3)[C@H](O)[C@@H](O)[C@@H]2O)cc(OC)c1O. The predicted octanol–water partition coefficient (Wildman–Crippen LogP) is 0.566. The van der Waals surface area contributed by atoms with Crippen molar-refractivity contribution in [3.63, 3.8) is 0 Å². The Morgan fingerprint density at radius 3 is 1.35 bits per heavy atom. The molecule has 0 aromatic heterocycles. The van der Waals surface area contributed by atoms with Gasteiger partial charge in [0.2, 0.25) is 23.0 Å². The minimum Gasteiger partial charge on any atom is -0.502 e. The van der Waals surface area contributed by atoms with E-state index >= 15 is 0 Å². The molecule has 0 amide bonds. The molecule has 2 aliphatic rings. The first kappa shape index (κ1) is 52.1. The number of hydrogen-bond donors (Lipinski definition) is 8. The second kappa shape index (κ2) is 23.3. The van der Waals surface area contributed by atoms with Crippen LogP contribution in [0.15, 0.2) is 54.6 Å². The third-order valence-electron chi connectivity index (χ3n) is 10.5. The summed E-state index contributed by atoms with van der Waals surface area (Å²) in [7, 11) is 7.78. The number of aliphatic hydroxyl groups excluding tert-OH is 5. The Hall–Kier alpha value is -6.83. The van der Waals surface area contributed by atoms with Crippen LogP contribution in [0.4, 0.5) is 0 Å². The van der Waals surface area contributed by atoms with Crippen molar-refractivity contribution in [2.24, 2.45) is 0 Å². The summed E-state index contributed by atoms with van der Waals surface area (Å²) in [4.78, 5) is 39.8. The summed E-state index contributed by atoms with van der Waals surface area (Å²) in [6, 6.07) is 8.26. The Balaban J connectivity index is 1.42. The maximum absolute atomic E-state index is 13.6. The summed E-state index contributed by atoms with van der Waals surface area (Å²) < 4.78 is 65.0. The zero-order valence-electron chi connectivity index (χ0n) is 37.4. The van der Waals surface area contributed by atoms with Crippen LogP contribution in [0, 0.1) is 0 Å². The summed E-state index contributed by atoms with van der Waals surface area (Å²) in [5.74, 6) is -6.79. The van der Waals surface area contributed by atoms with Crippen LogP contribution in [0.5, 0.6) is 51.7 Å². The maximum atomic E-state index is 13.6. The highest BCUT2D eigenvalue weighted by Gasteiger charge is 2.62. The Kier molecular flexibility index (Phi) is 17.8. The molecule has 3 aromatic carbocycles. The van der Waals surface area contributed by atoms with Crippen molar-refractivity contribution in [2.75, 3.05) is 62.5 Å². The van der Waals surface area contributed by atoms with E-state index in [2.05, 4.69) is 0 Å². The van der Waals surface area contributed by atoms with Crippen LogP contribution in [0.25, 0.3) is 18.2 Å². The molecule has 3 aromatic rings. The summed E-state index contributed by atoms with van der Waals surface area (Å²) in [6.07, 6.45) is -8.68. The van der Waals surface area contributed by atoms with Gasteiger partial charge in [-0.05, 0) is 71.3 Å². The highest BCUT2D eigenvalue weighted by atomic mass is 16.8. The number of hydrogen-bond acceptors (Lipinski definition) is 23. The van der Waals surface area contributed by atoms with E-state index in [1.807, 2.05) is 0 Å². The minimum absolute atomic E-state index is 0.00590. The number of esters is 3. The summed E-state index contributed by atoms with van der Waals surface area (Å²) >= 11 is 0. The van der Waals surface area contributed by atoms with E-state index in [-0.39, 0.29) is 62.9 Å². The van der Waals surface area contributed by atoms with Gasteiger partial charge in [-0.2, -0.15) is 0 Å². The number of aromatic hydroxyl groups is 3. The third kappa shape index (κ3) is 11.8. The lowest BCUT2D eigenvalue weighted by atomic mass is 9.98. The van der Waals surface area contributed by atoms with Gasteiger partial charge in [-0.1, -0.05) is 0 Å². The first-order valence-electron chi connectivity index (χ1n) is 20.2. The van der Waals surface area contributed by atoms with Crippen LogP contribution in [-0.4, -0.2) is 176 Å². The van der Waals surface area contributed by atoms with Crippen LogP contribution in [0.2, 0.25) is 0 Å². The van der Waals surface area contributed by atoms with Crippen LogP contribution >= 0.6 is 0 Å². The van der Waals surface area contributed by atoms with E-state index in [0.29, 0.717) is 5.56 Å². The molecule has 9 atom stereocenters. The number of carbonyl (C=O) groups excluding carboxylic acids is 3. The van der Waals surface area contributed by atoms with Gasteiger partial charge in [0, 0.05) is 18.2 Å². The third-order valence-corrected chi connectivity index (χ3v) is 10.5. The first-order valence-corrected chi connectivity index (χ1v) is 20.2. The van der Waals surface area contributed by atoms with E-state index in [1.54, 1.807) is 0 Å². The van der Waals surface area contributed by atoms with E-state index in [9.17, 15) is 55.2 Å². The molecule has 2 fully saturated rings. The molecule has 23 heteroatoms. The van der Waals surface area contributed by atoms with Gasteiger partial charge in [0.05, 0.1) is 49.3 Å². The van der Waals surface area contributed by atoms with Crippen LogP contribution in [0.1, 0.15) is 16.7 Å². The Morgan fingerprint density at radius 2 is 0.971 bits per heavy atom. The zero-order chi connectivity index (χ0) is 49.9. The second-order valence-electron chi connectivity index (χ2n) is 14.7. The van der Waals surface area contributed by atoms with Crippen LogP contribution in [-0.2, 0) is 42.8 Å². The van der Waals surface area contributed by atoms with Crippen LogP contribution < -0.4 is 28.4 Å². The molecule has 0 radical (unpaired) electrons. The molecule has 2 heterocycles. The standard InChI is InChI=1S/C45H52O23/c1-57-25-13-22(14-26(58-2)36(25)51)7-10-33(48)63-20-32-39(54)40(55)41(56)44(64-32)68-45(21-47)43(66-35(50)12-9-24-17-29(61-5)38(53)30(18-24)62-6)42(31(19-46)67-45)65-34(49)11-8-23-15-27(59-3)37(52)28(16-23)60-4/h7-18,31-32,39-44,46-47,51-56H,19-21H2,1-6H3/b10-7+,11-8+,12-9+/t31-,32+,39+,40-,41+,42+,43-,44+,45-/m0/s1. The molecular weight excluding hydrogens is 908 g/mol. The fourth-order valence-corrected chi connectivity index (χ4v) is 6.95. The van der Waals surface area contributed by atoms with Gasteiger partial charge in [0.25, 0.3) is 0 Å². The summed E-state index contributed by atoms with van der Waals surface area (Å²) in [5, 5.41) is 85.1. The van der Waals surface area contributed by atoms with Gasteiger partial charge >= 0.3 is 17.9 Å².